The maximum atomic E-state index is 12.0. The van der Waals surface area contributed by atoms with E-state index < -0.39 is 36.2 Å². The van der Waals surface area contributed by atoms with Crippen molar-refractivity contribution in [1.82, 2.24) is 5.32 Å². The maximum absolute atomic E-state index is 12.0. The minimum absolute atomic E-state index is 0.0868. The molecule has 4 aliphatic carbocycles. The fourth-order valence-electron chi connectivity index (χ4n) is 7.67. The second kappa shape index (κ2) is 9.25. The topological polar surface area (TPSA) is 128 Å². The van der Waals surface area contributed by atoms with Gasteiger partial charge in [-0.25, -0.2) is 4.79 Å². The van der Waals surface area contributed by atoms with Gasteiger partial charge in [-0.05, 0) is 87.5 Å². The van der Waals surface area contributed by atoms with Gasteiger partial charge in [0.25, 0.3) is 5.91 Å². The first kappa shape index (κ1) is 25.7. The summed E-state index contributed by atoms with van der Waals surface area (Å²) in [6, 6.07) is -1.39. The van der Waals surface area contributed by atoms with Crippen LogP contribution in [0.3, 0.4) is 0 Å². The van der Waals surface area contributed by atoms with Crippen molar-refractivity contribution in [3.63, 3.8) is 0 Å². The van der Waals surface area contributed by atoms with Gasteiger partial charge in [0.05, 0.1) is 11.8 Å². The molecule has 4 rings (SSSR count). The lowest BCUT2D eigenvalue weighted by atomic mass is 9.46. The van der Waals surface area contributed by atoms with E-state index in [-0.39, 0.29) is 10.8 Å². The predicted molar refractivity (Wildman–Crippen MR) is 130 cm³/mol. The molecule has 0 radical (unpaired) electrons. The van der Waals surface area contributed by atoms with Crippen molar-refractivity contribution in [2.24, 2.45) is 33.7 Å². The summed E-state index contributed by atoms with van der Waals surface area (Å²) in [6.45, 7) is 5.46. The number of amides is 1. The average Bonchev–Trinajstić information content (AvgIpc) is 3.08. The molecule has 35 heavy (non-hydrogen) atoms. The molecule has 8 nitrogen and oxygen atoms in total. The molecule has 0 aromatic carbocycles. The minimum atomic E-state index is -1.39. The monoisotopic (exact) mass is 486 g/mol. The summed E-state index contributed by atoms with van der Waals surface area (Å²) in [4.78, 5) is 28.3. The normalized spacial score (nSPS) is 40.9. The first-order valence-electron chi connectivity index (χ1n) is 12.8. The van der Waals surface area contributed by atoms with E-state index in [0.29, 0.717) is 24.2 Å². The number of oxime groups is 1. The Kier molecular flexibility index (Phi) is 6.80. The SMILES string of the molecule is C#C[C@@]1(O)CC[C@H]2[C@@H]3CCC4=C/C(=N/OCC(=O)N[C@@H](C(=O)O)[C@H](C)O)CC[C@]4(C)[C@H]3CC[C@@]21C. The molecule has 0 heterocycles. The average molecular weight is 487 g/mol. The van der Waals surface area contributed by atoms with Crippen LogP contribution in [0.4, 0.5) is 0 Å². The molecule has 3 fully saturated rings. The van der Waals surface area contributed by atoms with E-state index in [1.807, 2.05) is 0 Å². The molecule has 1 amide bonds. The number of fused-ring (bicyclic) bond motifs is 5. The molecular weight excluding hydrogens is 448 g/mol. The van der Waals surface area contributed by atoms with E-state index in [4.69, 9.17) is 16.4 Å². The lowest BCUT2D eigenvalue weighted by Gasteiger charge is -2.58. The van der Waals surface area contributed by atoms with Crippen molar-refractivity contribution in [3.05, 3.63) is 11.6 Å². The number of aliphatic hydroxyl groups is 2. The van der Waals surface area contributed by atoms with Gasteiger partial charge >= 0.3 is 5.97 Å². The van der Waals surface area contributed by atoms with Crippen molar-refractivity contribution in [3.8, 4) is 12.3 Å². The Balaban J connectivity index is 1.41. The van der Waals surface area contributed by atoms with E-state index in [1.54, 1.807) is 0 Å². The predicted octanol–water partition coefficient (Wildman–Crippen LogP) is 2.64. The highest BCUT2D eigenvalue weighted by Crippen LogP contribution is 2.67. The fraction of sp³-hybridized carbons (Fsp3) is 0.741. The zero-order valence-electron chi connectivity index (χ0n) is 20.9. The lowest BCUT2D eigenvalue weighted by molar-refractivity contribution is -0.145. The molecule has 3 saturated carbocycles. The Morgan fingerprint density at radius 1 is 1.23 bits per heavy atom. The van der Waals surface area contributed by atoms with Gasteiger partial charge in [-0.2, -0.15) is 0 Å². The number of rotatable bonds is 6. The largest absolute Gasteiger partial charge is 0.480 e. The van der Waals surface area contributed by atoms with Crippen LogP contribution in [-0.4, -0.2) is 57.3 Å². The number of carboxylic acids is 1. The second-order valence-electron chi connectivity index (χ2n) is 11.5. The van der Waals surface area contributed by atoms with Crippen molar-refractivity contribution in [2.75, 3.05) is 6.61 Å². The highest BCUT2D eigenvalue weighted by Gasteiger charge is 2.63. The number of hydrogen-bond acceptors (Lipinski definition) is 6. The number of hydrogen-bond donors (Lipinski definition) is 4. The van der Waals surface area contributed by atoms with Crippen LogP contribution >= 0.6 is 0 Å². The number of allylic oxidation sites excluding steroid dienone is 2. The number of nitrogens with zero attached hydrogens (tertiary/aromatic N) is 1. The van der Waals surface area contributed by atoms with Gasteiger partial charge in [0.15, 0.2) is 12.6 Å². The number of aliphatic hydroxyl groups excluding tert-OH is 1. The summed E-state index contributed by atoms with van der Waals surface area (Å²) in [5, 5.41) is 36.1. The Morgan fingerprint density at radius 2 is 1.94 bits per heavy atom. The Labute approximate surface area is 207 Å². The zero-order valence-corrected chi connectivity index (χ0v) is 20.9. The van der Waals surface area contributed by atoms with Gasteiger partial charge in [0.1, 0.15) is 5.60 Å². The molecule has 4 aliphatic rings. The number of carboxylic acid groups (broad SMARTS) is 1. The molecule has 0 saturated heterocycles. The van der Waals surface area contributed by atoms with Crippen LogP contribution < -0.4 is 5.32 Å². The molecule has 192 valence electrons. The van der Waals surface area contributed by atoms with Crippen LogP contribution in [-0.2, 0) is 14.4 Å². The number of carbonyl (C=O) groups excluding carboxylic acids is 1. The molecular formula is C27H38N2O6. The summed E-state index contributed by atoms with van der Waals surface area (Å²) >= 11 is 0. The Hall–Kier alpha value is -2.37. The van der Waals surface area contributed by atoms with Crippen molar-refractivity contribution in [2.45, 2.75) is 89.9 Å². The summed E-state index contributed by atoms with van der Waals surface area (Å²) in [5.41, 5.74) is 1.06. The third-order valence-corrected chi connectivity index (χ3v) is 9.81. The molecule has 0 unspecified atom stereocenters. The number of terminal acetylenes is 1. The molecule has 0 spiro atoms. The molecule has 0 aromatic rings. The lowest BCUT2D eigenvalue weighted by Crippen LogP contribution is -2.54. The van der Waals surface area contributed by atoms with Gasteiger partial charge in [0.2, 0.25) is 0 Å². The standard InChI is InChI=1S/C27H38N2O6/c1-5-27(34)13-10-21-19-7-6-17-14-18(8-11-25(17,3)20(19)9-12-26(21,27)4)29-35-15-22(31)28-23(16(2)30)24(32)33/h1,14,16,19-21,23,30,34H,6-13,15H2,2-4H3,(H,28,31)(H,32,33)/b29-18+/t16-,19+,20-,21-,23+,25-,26-,27+/m0/s1. The van der Waals surface area contributed by atoms with Gasteiger partial charge in [-0.1, -0.05) is 30.5 Å². The Bertz CT molecular complexity index is 983. The van der Waals surface area contributed by atoms with Gasteiger partial charge in [0, 0.05) is 5.41 Å². The summed E-state index contributed by atoms with van der Waals surface area (Å²) in [7, 11) is 0. The van der Waals surface area contributed by atoms with Crippen molar-refractivity contribution < 1.29 is 29.7 Å². The van der Waals surface area contributed by atoms with E-state index >= 15 is 0 Å². The minimum Gasteiger partial charge on any atom is -0.480 e. The number of nitrogens with one attached hydrogen (secondary N) is 1. The van der Waals surface area contributed by atoms with Crippen LogP contribution in [0.25, 0.3) is 0 Å². The smallest absolute Gasteiger partial charge is 0.328 e. The fourth-order valence-corrected chi connectivity index (χ4v) is 7.67. The highest BCUT2D eigenvalue weighted by molar-refractivity contribution is 5.96. The highest BCUT2D eigenvalue weighted by atomic mass is 16.6. The van der Waals surface area contributed by atoms with E-state index in [1.165, 1.54) is 12.5 Å². The van der Waals surface area contributed by atoms with E-state index in [9.17, 15) is 19.8 Å². The van der Waals surface area contributed by atoms with E-state index in [0.717, 1.165) is 50.7 Å². The summed E-state index contributed by atoms with van der Waals surface area (Å²) in [6.07, 6.45) is 14.1. The van der Waals surface area contributed by atoms with Crippen LogP contribution in [0.1, 0.15) is 72.1 Å². The van der Waals surface area contributed by atoms with Crippen LogP contribution in [0.2, 0.25) is 0 Å². The zero-order chi connectivity index (χ0) is 25.6. The summed E-state index contributed by atoms with van der Waals surface area (Å²) in [5.74, 6) is 2.36. The van der Waals surface area contributed by atoms with Gasteiger partial charge < -0.3 is 25.5 Å². The third-order valence-electron chi connectivity index (χ3n) is 9.81. The summed E-state index contributed by atoms with van der Waals surface area (Å²) < 4.78 is 0. The van der Waals surface area contributed by atoms with Crippen LogP contribution in [0, 0.1) is 40.9 Å². The molecule has 8 atom stereocenters. The maximum Gasteiger partial charge on any atom is 0.328 e. The van der Waals surface area contributed by atoms with E-state index in [2.05, 4.69) is 36.3 Å². The van der Waals surface area contributed by atoms with Crippen LogP contribution in [0.15, 0.2) is 16.8 Å². The first-order valence-corrected chi connectivity index (χ1v) is 12.8. The van der Waals surface area contributed by atoms with Gasteiger partial charge in [-0.3, -0.25) is 4.79 Å². The quantitative estimate of drug-likeness (QED) is 0.338. The third kappa shape index (κ3) is 4.27. The molecule has 4 N–H and O–H groups in total. The Morgan fingerprint density at radius 3 is 2.60 bits per heavy atom. The molecule has 0 aromatic heterocycles. The molecule has 8 heteroatoms. The number of carbonyl (C=O) groups is 2. The van der Waals surface area contributed by atoms with Crippen LogP contribution in [0.5, 0.6) is 0 Å². The van der Waals surface area contributed by atoms with Gasteiger partial charge in [-0.15, -0.1) is 6.42 Å². The number of aliphatic carboxylic acids is 1. The van der Waals surface area contributed by atoms with Crippen molar-refractivity contribution >= 4 is 17.6 Å². The van der Waals surface area contributed by atoms with Crippen molar-refractivity contribution in [1.29, 1.82) is 0 Å². The first-order chi connectivity index (χ1) is 16.4. The molecule has 0 bridgehead atoms. The molecule has 0 aliphatic heterocycles. The second-order valence-corrected chi connectivity index (χ2v) is 11.5.